The Morgan fingerprint density at radius 3 is 2.95 bits per heavy atom. The highest BCUT2D eigenvalue weighted by atomic mass is 32.2. The molecule has 0 aliphatic heterocycles. The molecule has 0 bridgehead atoms. The van der Waals surface area contributed by atoms with Crippen LogP contribution in [0.2, 0.25) is 0 Å². The summed E-state index contributed by atoms with van der Waals surface area (Å²) < 4.78 is 28.3. The Morgan fingerprint density at radius 2 is 2.24 bits per heavy atom. The van der Waals surface area contributed by atoms with E-state index in [4.69, 9.17) is 5.73 Å². The molecule has 0 aliphatic rings. The van der Waals surface area contributed by atoms with Crippen LogP contribution >= 0.6 is 11.8 Å². The highest BCUT2D eigenvalue weighted by Crippen LogP contribution is 2.23. The molecule has 1 aromatic carbocycles. The van der Waals surface area contributed by atoms with Crippen molar-refractivity contribution in [1.29, 1.82) is 0 Å². The van der Waals surface area contributed by atoms with E-state index >= 15 is 0 Å². The molecule has 0 saturated heterocycles. The van der Waals surface area contributed by atoms with Crippen LogP contribution in [0.15, 0.2) is 28.2 Å². The van der Waals surface area contributed by atoms with E-state index in [1.165, 1.54) is 16.3 Å². The highest BCUT2D eigenvalue weighted by Gasteiger charge is 2.15. The number of nitrogens with two attached hydrogens (primary N) is 1. The van der Waals surface area contributed by atoms with Gasteiger partial charge >= 0.3 is 5.69 Å². The summed E-state index contributed by atoms with van der Waals surface area (Å²) in [4.78, 5) is 11.5. The summed E-state index contributed by atoms with van der Waals surface area (Å²) in [5.41, 5.74) is 5.72. The van der Waals surface area contributed by atoms with Gasteiger partial charge in [-0.2, -0.15) is 0 Å². The second-order valence-corrected chi connectivity index (χ2v) is 5.53. The van der Waals surface area contributed by atoms with Crippen LogP contribution in [0.5, 0.6) is 0 Å². The number of halogens is 2. The fourth-order valence-corrected chi connectivity index (χ4v) is 2.84. The quantitative estimate of drug-likeness (QED) is 0.800. The Morgan fingerprint density at radius 1 is 1.48 bits per heavy atom. The summed E-state index contributed by atoms with van der Waals surface area (Å²) in [7, 11) is 0. The van der Waals surface area contributed by atoms with E-state index in [0.717, 1.165) is 24.6 Å². The van der Waals surface area contributed by atoms with Gasteiger partial charge in [0.2, 0.25) is 0 Å². The number of rotatable bonds is 6. The van der Waals surface area contributed by atoms with E-state index in [1.54, 1.807) is 0 Å². The molecule has 0 saturated carbocycles. The fraction of sp³-hybridized carbons (Fsp3) is 0.385. The van der Waals surface area contributed by atoms with Crippen LogP contribution < -0.4 is 11.4 Å². The molecule has 1 unspecified atom stereocenters. The minimum absolute atomic E-state index is 0.113. The Balaban J connectivity index is 2.09. The van der Waals surface area contributed by atoms with E-state index in [1.807, 2.05) is 6.92 Å². The van der Waals surface area contributed by atoms with Crippen molar-refractivity contribution in [2.24, 2.45) is 5.73 Å². The van der Waals surface area contributed by atoms with Gasteiger partial charge in [-0.1, -0.05) is 18.7 Å². The van der Waals surface area contributed by atoms with Crippen molar-refractivity contribution < 1.29 is 8.78 Å². The third kappa shape index (κ3) is 3.70. The predicted octanol–water partition coefficient (Wildman–Crippen LogP) is 2.05. The number of aromatic amines is 1. The van der Waals surface area contributed by atoms with Gasteiger partial charge < -0.3 is 5.73 Å². The van der Waals surface area contributed by atoms with E-state index in [9.17, 15) is 13.6 Å². The second kappa shape index (κ2) is 6.86. The van der Waals surface area contributed by atoms with Crippen molar-refractivity contribution >= 4 is 11.8 Å². The third-order valence-electron chi connectivity index (χ3n) is 2.92. The van der Waals surface area contributed by atoms with Gasteiger partial charge in [-0.15, -0.1) is 5.10 Å². The lowest BCUT2D eigenvalue weighted by Crippen LogP contribution is -2.18. The predicted molar refractivity (Wildman–Crippen MR) is 77.1 cm³/mol. The zero-order chi connectivity index (χ0) is 15.4. The molecule has 1 heterocycles. The third-order valence-corrected chi connectivity index (χ3v) is 4.02. The molecular formula is C13H16F2N4OS. The summed E-state index contributed by atoms with van der Waals surface area (Å²) in [5, 5.41) is 6.77. The number of thioether (sulfide) groups is 1. The molecule has 2 rings (SSSR count). The average molecular weight is 314 g/mol. The molecular weight excluding hydrogens is 298 g/mol. The van der Waals surface area contributed by atoms with Crippen molar-refractivity contribution in [1.82, 2.24) is 14.8 Å². The number of benzene rings is 1. The van der Waals surface area contributed by atoms with Gasteiger partial charge in [0.25, 0.3) is 0 Å². The zero-order valence-corrected chi connectivity index (χ0v) is 12.3. The van der Waals surface area contributed by atoms with E-state index < -0.39 is 17.7 Å². The molecule has 0 spiro atoms. The summed E-state index contributed by atoms with van der Waals surface area (Å²) in [5.74, 6) is -0.791. The first-order valence-corrected chi connectivity index (χ1v) is 7.50. The number of nitrogens with one attached hydrogen (secondary N) is 1. The maximum Gasteiger partial charge on any atom is 0.343 e. The van der Waals surface area contributed by atoms with Crippen molar-refractivity contribution in [3.8, 4) is 0 Å². The summed E-state index contributed by atoms with van der Waals surface area (Å²) in [6.07, 6.45) is 0.789. The van der Waals surface area contributed by atoms with E-state index in [2.05, 4.69) is 10.2 Å². The van der Waals surface area contributed by atoms with E-state index in [-0.39, 0.29) is 17.0 Å². The van der Waals surface area contributed by atoms with Crippen molar-refractivity contribution in [3.05, 3.63) is 45.9 Å². The largest absolute Gasteiger partial charge is 0.343 e. The fourth-order valence-electron chi connectivity index (χ4n) is 1.89. The molecule has 0 radical (unpaired) electrons. The van der Waals surface area contributed by atoms with Crippen LogP contribution in [-0.2, 0) is 6.54 Å². The molecule has 1 aromatic heterocycles. The van der Waals surface area contributed by atoms with E-state index in [0.29, 0.717) is 11.7 Å². The van der Waals surface area contributed by atoms with Gasteiger partial charge in [0, 0.05) is 23.9 Å². The lowest BCUT2D eigenvalue weighted by atomic mass is 10.1. The van der Waals surface area contributed by atoms with Crippen LogP contribution in [-0.4, -0.2) is 20.5 Å². The molecule has 8 heteroatoms. The molecule has 0 amide bonds. The van der Waals surface area contributed by atoms with Gasteiger partial charge in [0.05, 0.1) is 0 Å². The first kappa shape index (κ1) is 15.7. The van der Waals surface area contributed by atoms with Crippen LogP contribution in [0, 0.1) is 11.6 Å². The van der Waals surface area contributed by atoms with Crippen molar-refractivity contribution in [2.45, 2.75) is 31.1 Å². The van der Waals surface area contributed by atoms with Gasteiger partial charge in [0.1, 0.15) is 11.6 Å². The monoisotopic (exact) mass is 314 g/mol. The minimum Gasteiger partial charge on any atom is -0.323 e. The van der Waals surface area contributed by atoms with Gasteiger partial charge in [-0.3, -0.25) is 4.57 Å². The van der Waals surface area contributed by atoms with Gasteiger partial charge in [-0.05, 0) is 24.6 Å². The maximum absolute atomic E-state index is 13.6. The molecule has 5 nitrogen and oxygen atoms in total. The van der Waals surface area contributed by atoms with Crippen molar-refractivity contribution in [2.75, 3.05) is 5.75 Å². The number of hydrogen-bond acceptors (Lipinski definition) is 4. The first-order chi connectivity index (χ1) is 10.0. The van der Waals surface area contributed by atoms with Crippen LogP contribution in [0.3, 0.4) is 0 Å². The minimum atomic E-state index is -0.687. The Hall–Kier alpha value is -1.67. The molecule has 21 heavy (non-hydrogen) atoms. The van der Waals surface area contributed by atoms with Crippen LogP contribution in [0.4, 0.5) is 8.78 Å². The number of H-pyrrole nitrogens is 1. The number of nitrogens with zero attached hydrogens (tertiary/aromatic N) is 2. The van der Waals surface area contributed by atoms with Crippen LogP contribution in [0.1, 0.15) is 24.9 Å². The normalized spacial score (nSPS) is 12.6. The standard InChI is InChI=1S/C13H16F2N4OS/c1-2-5-19-12(20)17-18-13(19)21-7-11(16)9-6-8(14)3-4-10(9)15/h3-4,6,11H,2,5,7,16H2,1H3,(H,17,20). The van der Waals surface area contributed by atoms with Crippen molar-refractivity contribution in [3.63, 3.8) is 0 Å². The average Bonchev–Trinajstić information content (AvgIpc) is 2.80. The first-order valence-electron chi connectivity index (χ1n) is 6.51. The highest BCUT2D eigenvalue weighted by molar-refractivity contribution is 7.99. The van der Waals surface area contributed by atoms with Gasteiger partial charge in [-0.25, -0.2) is 18.7 Å². The summed E-state index contributed by atoms with van der Waals surface area (Å²) >= 11 is 1.23. The summed E-state index contributed by atoms with van der Waals surface area (Å²) in [6, 6.07) is 2.50. The SMILES string of the molecule is CCCn1c(SCC(N)c2cc(F)ccc2F)n[nH]c1=O. The number of hydrogen-bond donors (Lipinski definition) is 2. The molecule has 114 valence electrons. The molecule has 0 aliphatic carbocycles. The Labute approximate surface area is 124 Å². The molecule has 1 atom stereocenters. The Kier molecular flexibility index (Phi) is 5.13. The maximum atomic E-state index is 13.6. The molecule has 0 fully saturated rings. The molecule has 3 N–H and O–H groups in total. The second-order valence-electron chi connectivity index (χ2n) is 4.55. The van der Waals surface area contributed by atoms with Gasteiger partial charge in [0.15, 0.2) is 5.16 Å². The van der Waals surface area contributed by atoms with Crippen LogP contribution in [0.25, 0.3) is 0 Å². The lowest BCUT2D eigenvalue weighted by molar-refractivity contribution is 0.572. The molecule has 2 aromatic rings. The Bertz CT molecular complexity index is 670. The lowest BCUT2D eigenvalue weighted by Gasteiger charge is -2.12. The number of aromatic nitrogens is 3. The smallest absolute Gasteiger partial charge is 0.323 e. The topological polar surface area (TPSA) is 76.7 Å². The summed E-state index contributed by atoms with van der Waals surface area (Å²) in [6.45, 7) is 2.49. The zero-order valence-electron chi connectivity index (χ0n) is 11.5.